The van der Waals surface area contributed by atoms with E-state index in [0.717, 1.165) is 12.0 Å². The lowest BCUT2D eigenvalue weighted by atomic mass is 10.1. The third-order valence-corrected chi connectivity index (χ3v) is 4.42. The minimum absolute atomic E-state index is 0.0659. The zero-order valence-corrected chi connectivity index (χ0v) is 14.1. The second-order valence-electron chi connectivity index (χ2n) is 6.18. The van der Waals surface area contributed by atoms with E-state index in [4.69, 9.17) is 0 Å². The molecular formula is C19H19N3O4. The number of nitrogens with zero attached hydrogens (tertiary/aromatic N) is 2. The van der Waals surface area contributed by atoms with Crippen LogP contribution >= 0.6 is 0 Å². The molecule has 1 unspecified atom stereocenters. The van der Waals surface area contributed by atoms with Crippen molar-refractivity contribution >= 4 is 17.5 Å². The van der Waals surface area contributed by atoms with Gasteiger partial charge < -0.3 is 10.2 Å². The molecule has 1 N–H and O–H groups in total. The number of hydrogen-bond donors (Lipinski definition) is 1. The molecule has 2 aromatic carbocycles. The summed E-state index contributed by atoms with van der Waals surface area (Å²) >= 11 is 0. The van der Waals surface area contributed by atoms with E-state index in [1.165, 1.54) is 24.3 Å². The van der Waals surface area contributed by atoms with Crippen LogP contribution in [0.25, 0.3) is 0 Å². The molecule has 0 aliphatic carbocycles. The van der Waals surface area contributed by atoms with Crippen LogP contribution in [0.2, 0.25) is 0 Å². The number of nitro benzene ring substituents is 1. The van der Waals surface area contributed by atoms with Gasteiger partial charge >= 0.3 is 0 Å². The molecule has 1 fully saturated rings. The lowest BCUT2D eigenvalue weighted by molar-refractivity contribution is -0.384. The van der Waals surface area contributed by atoms with Gasteiger partial charge in [0, 0.05) is 37.2 Å². The van der Waals surface area contributed by atoms with Crippen molar-refractivity contribution in [2.24, 2.45) is 0 Å². The third kappa shape index (κ3) is 4.05. The maximum absolute atomic E-state index is 12.6. The molecule has 7 heteroatoms. The van der Waals surface area contributed by atoms with Crippen LogP contribution in [0.4, 0.5) is 5.69 Å². The normalized spacial score (nSPS) is 14.9. The number of nitrogens with one attached hydrogen (secondary N) is 1. The highest BCUT2D eigenvalue weighted by atomic mass is 16.6. The number of non-ortho nitro benzene ring substituents is 1. The van der Waals surface area contributed by atoms with Crippen LogP contribution in [-0.4, -0.2) is 34.7 Å². The van der Waals surface area contributed by atoms with Crippen molar-refractivity contribution in [1.29, 1.82) is 0 Å². The van der Waals surface area contributed by atoms with Crippen molar-refractivity contribution in [3.05, 3.63) is 75.8 Å². The number of benzene rings is 2. The molecule has 1 saturated heterocycles. The molecule has 0 saturated carbocycles. The first kappa shape index (κ1) is 17.6. The van der Waals surface area contributed by atoms with Crippen molar-refractivity contribution in [3.63, 3.8) is 0 Å². The van der Waals surface area contributed by atoms with E-state index in [-0.39, 0.29) is 23.5 Å². The molecule has 0 radical (unpaired) electrons. The Labute approximate surface area is 150 Å². The molecule has 0 bridgehead atoms. The smallest absolute Gasteiger partial charge is 0.269 e. The fourth-order valence-electron chi connectivity index (χ4n) is 3.01. The molecule has 134 valence electrons. The Bertz CT molecular complexity index is 805. The Balaban J connectivity index is 1.77. The van der Waals surface area contributed by atoms with Gasteiger partial charge in [0.2, 0.25) is 5.91 Å². The van der Waals surface area contributed by atoms with Crippen LogP contribution in [-0.2, 0) is 4.79 Å². The number of rotatable bonds is 6. The molecule has 3 rings (SSSR count). The van der Waals surface area contributed by atoms with E-state index in [1.54, 1.807) is 4.90 Å². The van der Waals surface area contributed by atoms with Gasteiger partial charge in [-0.1, -0.05) is 30.3 Å². The number of nitro groups is 1. The van der Waals surface area contributed by atoms with Crippen molar-refractivity contribution in [1.82, 2.24) is 10.2 Å². The molecule has 0 aromatic heterocycles. The highest BCUT2D eigenvalue weighted by molar-refractivity contribution is 5.94. The van der Waals surface area contributed by atoms with Gasteiger partial charge in [-0.15, -0.1) is 0 Å². The van der Waals surface area contributed by atoms with Gasteiger partial charge in [-0.05, 0) is 24.1 Å². The van der Waals surface area contributed by atoms with Gasteiger partial charge in [0.05, 0.1) is 11.0 Å². The summed E-state index contributed by atoms with van der Waals surface area (Å²) in [7, 11) is 0. The second kappa shape index (κ2) is 7.77. The predicted octanol–water partition coefficient (Wildman–Crippen LogP) is 2.69. The average Bonchev–Trinajstić information content (AvgIpc) is 3.06. The summed E-state index contributed by atoms with van der Waals surface area (Å²) in [5, 5.41) is 13.7. The van der Waals surface area contributed by atoms with Gasteiger partial charge in [-0.25, -0.2) is 0 Å². The first-order chi connectivity index (χ1) is 12.5. The Hall–Kier alpha value is -3.22. The van der Waals surface area contributed by atoms with E-state index in [1.807, 2.05) is 30.3 Å². The van der Waals surface area contributed by atoms with Crippen molar-refractivity contribution < 1.29 is 14.5 Å². The van der Waals surface area contributed by atoms with Crippen LogP contribution in [0.3, 0.4) is 0 Å². The average molecular weight is 353 g/mol. The topological polar surface area (TPSA) is 92.6 Å². The molecule has 1 heterocycles. The molecule has 7 nitrogen and oxygen atoms in total. The summed E-state index contributed by atoms with van der Waals surface area (Å²) < 4.78 is 0. The molecule has 26 heavy (non-hydrogen) atoms. The monoisotopic (exact) mass is 353 g/mol. The third-order valence-electron chi connectivity index (χ3n) is 4.42. The van der Waals surface area contributed by atoms with Gasteiger partial charge in [-0.3, -0.25) is 19.7 Å². The van der Waals surface area contributed by atoms with Gasteiger partial charge in [0.15, 0.2) is 0 Å². The van der Waals surface area contributed by atoms with Gasteiger partial charge in [0.1, 0.15) is 0 Å². The minimum atomic E-state index is -0.507. The first-order valence-corrected chi connectivity index (χ1v) is 8.42. The second-order valence-corrected chi connectivity index (χ2v) is 6.18. The van der Waals surface area contributed by atoms with Crippen LogP contribution < -0.4 is 5.32 Å². The minimum Gasteiger partial charge on any atom is -0.343 e. The highest BCUT2D eigenvalue weighted by Gasteiger charge is 2.25. The quantitative estimate of drug-likeness (QED) is 0.638. The zero-order valence-electron chi connectivity index (χ0n) is 14.1. The molecule has 2 amide bonds. The fourth-order valence-corrected chi connectivity index (χ4v) is 3.01. The Morgan fingerprint density at radius 2 is 1.85 bits per heavy atom. The summed E-state index contributed by atoms with van der Waals surface area (Å²) in [4.78, 5) is 36.5. The molecule has 0 spiro atoms. The van der Waals surface area contributed by atoms with E-state index in [9.17, 15) is 19.7 Å². The Morgan fingerprint density at radius 1 is 1.15 bits per heavy atom. The lowest BCUT2D eigenvalue weighted by Crippen LogP contribution is -2.38. The molecule has 1 aliphatic heterocycles. The van der Waals surface area contributed by atoms with Crippen LogP contribution in [0, 0.1) is 10.1 Å². The summed E-state index contributed by atoms with van der Waals surface area (Å²) in [6, 6.07) is 14.6. The number of likely N-dealkylation sites (tertiary alicyclic amines) is 1. The summed E-state index contributed by atoms with van der Waals surface area (Å²) in [6.07, 6.45) is 1.37. The van der Waals surface area contributed by atoms with E-state index in [2.05, 4.69) is 5.32 Å². The standard InChI is InChI=1S/C19H19N3O4/c23-18-7-4-12-21(18)13-17(14-5-2-1-3-6-14)20-19(24)15-8-10-16(11-9-15)22(25)26/h1-3,5-6,8-11,17H,4,7,12-13H2,(H,20,24). The number of carbonyl (C=O) groups is 2. The first-order valence-electron chi connectivity index (χ1n) is 8.42. The van der Waals surface area contributed by atoms with Gasteiger partial charge in [-0.2, -0.15) is 0 Å². The summed E-state index contributed by atoms with van der Waals surface area (Å²) in [6.45, 7) is 1.09. The highest BCUT2D eigenvalue weighted by Crippen LogP contribution is 2.20. The number of hydrogen-bond acceptors (Lipinski definition) is 4. The molecular weight excluding hydrogens is 334 g/mol. The van der Waals surface area contributed by atoms with Crippen molar-refractivity contribution in [2.75, 3.05) is 13.1 Å². The molecule has 2 aromatic rings. The van der Waals surface area contributed by atoms with E-state index >= 15 is 0 Å². The molecule has 1 atom stereocenters. The maximum Gasteiger partial charge on any atom is 0.269 e. The summed E-state index contributed by atoms with van der Waals surface area (Å²) in [5.74, 6) is -0.240. The van der Waals surface area contributed by atoms with Crippen LogP contribution in [0.5, 0.6) is 0 Å². The van der Waals surface area contributed by atoms with Gasteiger partial charge in [0.25, 0.3) is 11.6 Å². The van der Waals surface area contributed by atoms with Crippen molar-refractivity contribution in [2.45, 2.75) is 18.9 Å². The Morgan fingerprint density at radius 3 is 2.42 bits per heavy atom. The summed E-state index contributed by atoms with van der Waals surface area (Å²) in [5.41, 5.74) is 1.18. The van der Waals surface area contributed by atoms with Crippen molar-refractivity contribution in [3.8, 4) is 0 Å². The predicted molar refractivity (Wildman–Crippen MR) is 95.6 cm³/mol. The lowest BCUT2D eigenvalue weighted by Gasteiger charge is -2.25. The van der Waals surface area contributed by atoms with Crippen LogP contribution in [0.15, 0.2) is 54.6 Å². The Kier molecular flexibility index (Phi) is 5.26. The fraction of sp³-hybridized carbons (Fsp3) is 0.263. The van der Waals surface area contributed by atoms with E-state index in [0.29, 0.717) is 25.1 Å². The number of amides is 2. The SMILES string of the molecule is O=C(NC(CN1CCCC1=O)c1ccccc1)c1ccc([N+](=O)[O-])cc1. The zero-order chi connectivity index (χ0) is 18.5. The van der Waals surface area contributed by atoms with Crippen LogP contribution in [0.1, 0.15) is 34.8 Å². The largest absolute Gasteiger partial charge is 0.343 e. The number of carbonyl (C=O) groups excluding carboxylic acids is 2. The van der Waals surface area contributed by atoms with E-state index < -0.39 is 4.92 Å². The molecule has 1 aliphatic rings. The maximum atomic E-state index is 12.6.